The van der Waals surface area contributed by atoms with Crippen molar-refractivity contribution in [3.05, 3.63) is 35.4 Å². The zero-order valence-corrected chi connectivity index (χ0v) is 11.5. The lowest BCUT2D eigenvalue weighted by Crippen LogP contribution is -2.52. The van der Waals surface area contributed by atoms with Crippen LogP contribution in [0.4, 0.5) is 8.78 Å². The molecule has 0 radical (unpaired) electrons. The molecular formula is C15H21F2NO. The first-order chi connectivity index (χ1) is 8.91. The summed E-state index contributed by atoms with van der Waals surface area (Å²) < 4.78 is 26.5. The van der Waals surface area contributed by atoms with E-state index in [1.807, 2.05) is 13.8 Å². The third kappa shape index (κ3) is 3.12. The zero-order chi connectivity index (χ0) is 14.0. The number of nitrogens with zero attached hydrogens (tertiary/aromatic N) is 1. The molecule has 2 rings (SSSR count). The molecule has 2 nitrogen and oxygen atoms in total. The van der Waals surface area contributed by atoms with E-state index in [2.05, 4.69) is 4.90 Å². The van der Waals surface area contributed by atoms with Gasteiger partial charge in [-0.3, -0.25) is 4.90 Å². The van der Waals surface area contributed by atoms with Crippen LogP contribution in [0.5, 0.6) is 0 Å². The molecule has 1 atom stereocenters. The fourth-order valence-electron chi connectivity index (χ4n) is 2.65. The van der Waals surface area contributed by atoms with Crippen molar-refractivity contribution in [3.63, 3.8) is 0 Å². The molecule has 1 unspecified atom stereocenters. The molecule has 4 heteroatoms. The van der Waals surface area contributed by atoms with E-state index in [0.717, 1.165) is 32.0 Å². The van der Waals surface area contributed by atoms with Gasteiger partial charge in [0.2, 0.25) is 0 Å². The van der Waals surface area contributed by atoms with Gasteiger partial charge >= 0.3 is 0 Å². The summed E-state index contributed by atoms with van der Waals surface area (Å²) in [4.78, 5) is 2.24. The number of benzene rings is 1. The number of halogens is 2. The molecule has 1 saturated heterocycles. The Kier molecular flexibility index (Phi) is 4.21. The fraction of sp³-hybridized carbons (Fsp3) is 0.600. The van der Waals surface area contributed by atoms with Crippen LogP contribution in [0.25, 0.3) is 0 Å². The summed E-state index contributed by atoms with van der Waals surface area (Å²) in [6.07, 6.45) is 1.81. The molecule has 0 saturated carbocycles. The van der Waals surface area contributed by atoms with Gasteiger partial charge in [0.05, 0.1) is 6.10 Å². The smallest absolute Gasteiger partial charge is 0.129 e. The van der Waals surface area contributed by atoms with Crippen LogP contribution < -0.4 is 0 Å². The highest BCUT2D eigenvalue weighted by atomic mass is 19.1. The number of rotatable bonds is 4. The van der Waals surface area contributed by atoms with E-state index in [0.29, 0.717) is 5.56 Å². The topological polar surface area (TPSA) is 23.5 Å². The Hall–Kier alpha value is -1.00. The predicted octanol–water partition coefficient (Wildman–Crippen LogP) is 2.74. The van der Waals surface area contributed by atoms with Gasteiger partial charge in [-0.2, -0.15) is 0 Å². The Balaban J connectivity index is 2.09. The van der Waals surface area contributed by atoms with Crippen LogP contribution in [0, 0.1) is 11.6 Å². The fourth-order valence-corrected chi connectivity index (χ4v) is 2.65. The van der Waals surface area contributed by atoms with Gasteiger partial charge in [-0.1, -0.05) is 6.07 Å². The second-order valence-corrected chi connectivity index (χ2v) is 5.80. The minimum absolute atomic E-state index is 0.204. The monoisotopic (exact) mass is 269 g/mol. The number of aliphatic hydroxyl groups excluding tert-OH is 1. The van der Waals surface area contributed by atoms with Crippen LogP contribution in [0.2, 0.25) is 0 Å². The van der Waals surface area contributed by atoms with E-state index in [1.165, 1.54) is 12.1 Å². The summed E-state index contributed by atoms with van der Waals surface area (Å²) >= 11 is 0. The molecule has 1 aromatic rings. The highest BCUT2D eigenvalue weighted by Crippen LogP contribution is 2.26. The second kappa shape index (κ2) is 5.55. The van der Waals surface area contributed by atoms with Gasteiger partial charge in [0.1, 0.15) is 11.6 Å². The molecule has 0 aromatic heterocycles. The normalized spacial score (nSPS) is 18.8. The maximum Gasteiger partial charge on any atom is 0.129 e. The van der Waals surface area contributed by atoms with Crippen molar-refractivity contribution >= 4 is 0 Å². The number of aliphatic hydroxyl groups is 1. The van der Waals surface area contributed by atoms with E-state index in [1.54, 1.807) is 0 Å². The average Bonchev–Trinajstić information content (AvgIpc) is 2.86. The van der Waals surface area contributed by atoms with Gasteiger partial charge in [-0.25, -0.2) is 8.78 Å². The molecule has 1 aliphatic rings. The Morgan fingerprint density at radius 2 is 1.89 bits per heavy atom. The summed E-state index contributed by atoms with van der Waals surface area (Å²) in [6, 6.07) is 3.51. The Morgan fingerprint density at radius 3 is 2.47 bits per heavy atom. The molecule has 0 spiro atoms. The molecule has 1 heterocycles. The Morgan fingerprint density at radius 1 is 1.26 bits per heavy atom. The van der Waals surface area contributed by atoms with E-state index < -0.39 is 23.3 Å². The second-order valence-electron chi connectivity index (χ2n) is 5.80. The van der Waals surface area contributed by atoms with Crippen LogP contribution in [0.3, 0.4) is 0 Å². The first-order valence-electron chi connectivity index (χ1n) is 6.78. The molecule has 0 aliphatic carbocycles. The SMILES string of the molecule is CC(C)(C(O)Cc1ccc(F)cc1F)N1CCCC1. The maximum atomic E-state index is 13.6. The summed E-state index contributed by atoms with van der Waals surface area (Å²) in [6.45, 7) is 5.89. The van der Waals surface area contributed by atoms with Crippen molar-refractivity contribution in [3.8, 4) is 0 Å². The summed E-state index contributed by atoms with van der Waals surface area (Å²) in [5, 5.41) is 10.4. The van der Waals surface area contributed by atoms with Crippen LogP contribution in [-0.2, 0) is 6.42 Å². The lowest BCUT2D eigenvalue weighted by atomic mass is 9.90. The predicted molar refractivity (Wildman–Crippen MR) is 71.0 cm³/mol. The quantitative estimate of drug-likeness (QED) is 0.908. The first-order valence-corrected chi connectivity index (χ1v) is 6.78. The molecule has 19 heavy (non-hydrogen) atoms. The Labute approximate surface area is 113 Å². The van der Waals surface area contributed by atoms with Crippen molar-refractivity contribution in [1.82, 2.24) is 4.90 Å². The van der Waals surface area contributed by atoms with Crippen LogP contribution in [0.15, 0.2) is 18.2 Å². The van der Waals surface area contributed by atoms with Crippen LogP contribution in [0.1, 0.15) is 32.3 Å². The van der Waals surface area contributed by atoms with Gasteiger partial charge in [-0.15, -0.1) is 0 Å². The molecular weight excluding hydrogens is 248 g/mol. The molecule has 106 valence electrons. The summed E-state index contributed by atoms with van der Waals surface area (Å²) in [7, 11) is 0. The minimum atomic E-state index is -0.675. The lowest BCUT2D eigenvalue weighted by Gasteiger charge is -2.39. The molecule has 0 bridgehead atoms. The van der Waals surface area contributed by atoms with Gasteiger partial charge in [0.15, 0.2) is 0 Å². The number of likely N-dealkylation sites (tertiary alicyclic amines) is 1. The molecule has 1 fully saturated rings. The average molecular weight is 269 g/mol. The molecule has 0 amide bonds. The van der Waals surface area contributed by atoms with Crippen molar-refractivity contribution in [2.75, 3.05) is 13.1 Å². The summed E-state index contributed by atoms with van der Waals surface area (Å²) in [5.41, 5.74) is -0.0293. The summed E-state index contributed by atoms with van der Waals surface area (Å²) in [5.74, 6) is -1.18. The Bertz CT molecular complexity index is 442. The van der Waals surface area contributed by atoms with Gasteiger partial charge < -0.3 is 5.11 Å². The van der Waals surface area contributed by atoms with Crippen molar-refractivity contribution in [2.24, 2.45) is 0 Å². The van der Waals surface area contributed by atoms with E-state index in [4.69, 9.17) is 0 Å². The standard InChI is InChI=1S/C15H21F2NO/c1-15(2,18-7-3-4-8-18)14(19)9-11-5-6-12(16)10-13(11)17/h5-6,10,14,19H,3-4,7-9H2,1-2H3. The minimum Gasteiger partial charge on any atom is -0.391 e. The van der Waals surface area contributed by atoms with Crippen LogP contribution >= 0.6 is 0 Å². The van der Waals surface area contributed by atoms with Crippen LogP contribution in [-0.4, -0.2) is 34.7 Å². The van der Waals surface area contributed by atoms with Gasteiger partial charge in [-0.05, 0) is 51.4 Å². The highest BCUT2D eigenvalue weighted by molar-refractivity contribution is 5.20. The number of hydrogen-bond donors (Lipinski definition) is 1. The molecule has 1 aliphatic heterocycles. The largest absolute Gasteiger partial charge is 0.391 e. The number of hydrogen-bond acceptors (Lipinski definition) is 2. The van der Waals surface area contributed by atoms with E-state index in [-0.39, 0.29) is 6.42 Å². The third-order valence-electron chi connectivity index (χ3n) is 4.16. The van der Waals surface area contributed by atoms with E-state index in [9.17, 15) is 13.9 Å². The zero-order valence-electron chi connectivity index (χ0n) is 11.5. The first kappa shape index (κ1) is 14.4. The van der Waals surface area contributed by atoms with E-state index >= 15 is 0 Å². The van der Waals surface area contributed by atoms with Gasteiger partial charge in [0.25, 0.3) is 0 Å². The third-order valence-corrected chi connectivity index (χ3v) is 4.16. The maximum absolute atomic E-state index is 13.6. The van der Waals surface area contributed by atoms with Crippen molar-refractivity contribution in [1.29, 1.82) is 0 Å². The van der Waals surface area contributed by atoms with Crippen molar-refractivity contribution < 1.29 is 13.9 Å². The molecule has 1 N–H and O–H groups in total. The van der Waals surface area contributed by atoms with Gasteiger partial charge in [0, 0.05) is 18.0 Å². The highest BCUT2D eigenvalue weighted by Gasteiger charge is 2.35. The van der Waals surface area contributed by atoms with Crippen molar-refractivity contribution in [2.45, 2.75) is 44.8 Å². The molecule has 1 aromatic carbocycles. The lowest BCUT2D eigenvalue weighted by molar-refractivity contribution is 0.00294.